The Morgan fingerprint density at radius 1 is 1.33 bits per heavy atom. The lowest BCUT2D eigenvalue weighted by Gasteiger charge is -2.44. The van der Waals surface area contributed by atoms with E-state index in [9.17, 15) is 4.79 Å². The van der Waals surface area contributed by atoms with Crippen LogP contribution in [0.2, 0.25) is 0 Å². The van der Waals surface area contributed by atoms with Gasteiger partial charge in [-0.1, -0.05) is 12.8 Å². The monoisotopic (exact) mass is 254 g/mol. The lowest BCUT2D eigenvalue weighted by atomic mass is 9.90. The van der Waals surface area contributed by atoms with Crippen molar-refractivity contribution in [2.24, 2.45) is 0 Å². The van der Waals surface area contributed by atoms with Crippen LogP contribution in [0.15, 0.2) is 0 Å². The Kier molecular flexibility index (Phi) is 4.28. The normalized spacial score (nSPS) is 28.9. The van der Waals surface area contributed by atoms with E-state index in [1.165, 1.54) is 12.8 Å². The van der Waals surface area contributed by atoms with E-state index in [1.54, 1.807) is 0 Å². The zero-order chi connectivity index (χ0) is 13.2. The van der Waals surface area contributed by atoms with Gasteiger partial charge in [-0.15, -0.1) is 0 Å². The van der Waals surface area contributed by atoms with Crippen LogP contribution in [-0.2, 0) is 9.53 Å². The van der Waals surface area contributed by atoms with Crippen LogP contribution in [-0.4, -0.2) is 48.2 Å². The van der Waals surface area contributed by atoms with Gasteiger partial charge in [0.05, 0.1) is 25.3 Å². The van der Waals surface area contributed by atoms with Gasteiger partial charge in [0.2, 0.25) is 5.91 Å². The third kappa shape index (κ3) is 3.45. The standard InChI is InChI=1S/C14H26N2O2/c1-14(2,3)15-10-13(17)16-8-9-18-12-7-5-4-6-11(12)16/h11-12,15H,4-10H2,1-3H3. The zero-order valence-electron chi connectivity index (χ0n) is 11.9. The molecular formula is C14H26N2O2. The Bertz CT molecular complexity index is 297. The van der Waals surface area contributed by atoms with Crippen molar-refractivity contribution in [3.8, 4) is 0 Å². The van der Waals surface area contributed by atoms with E-state index >= 15 is 0 Å². The van der Waals surface area contributed by atoms with Crippen LogP contribution in [0, 0.1) is 0 Å². The predicted molar refractivity (Wildman–Crippen MR) is 71.5 cm³/mol. The van der Waals surface area contributed by atoms with Gasteiger partial charge in [0, 0.05) is 12.1 Å². The predicted octanol–water partition coefficient (Wildman–Crippen LogP) is 1.54. The molecule has 0 aromatic rings. The van der Waals surface area contributed by atoms with Gasteiger partial charge in [0.1, 0.15) is 0 Å². The number of rotatable bonds is 2. The van der Waals surface area contributed by atoms with Crippen molar-refractivity contribution < 1.29 is 9.53 Å². The Morgan fingerprint density at radius 2 is 2.06 bits per heavy atom. The number of nitrogens with one attached hydrogen (secondary N) is 1. The first-order valence-corrected chi connectivity index (χ1v) is 7.13. The highest BCUT2D eigenvalue weighted by molar-refractivity contribution is 5.78. The molecule has 4 heteroatoms. The third-order valence-corrected chi connectivity index (χ3v) is 3.82. The van der Waals surface area contributed by atoms with Crippen molar-refractivity contribution in [3.63, 3.8) is 0 Å². The van der Waals surface area contributed by atoms with Crippen molar-refractivity contribution in [2.75, 3.05) is 19.7 Å². The van der Waals surface area contributed by atoms with E-state index in [2.05, 4.69) is 26.1 Å². The Balaban J connectivity index is 1.91. The molecule has 1 saturated carbocycles. The van der Waals surface area contributed by atoms with E-state index in [4.69, 9.17) is 4.74 Å². The summed E-state index contributed by atoms with van der Waals surface area (Å²) in [6, 6.07) is 0.321. The van der Waals surface area contributed by atoms with E-state index in [0.717, 1.165) is 19.4 Å². The maximum atomic E-state index is 12.3. The second kappa shape index (κ2) is 5.57. The number of carbonyl (C=O) groups excluding carboxylic acids is 1. The fourth-order valence-corrected chi connectivity index (χ4v) is 2.85. The molecule has 18 heavy (non-hydrogen) atoms. The van der Waals surface area contributed by atoms with Crippen LogP contribution in [0.1, 0.15) is 46.5 Å². The molecule has 0 spiro atoms. The molecule has 0 aromatic carbocycles. The number of hydrogen-bond acceptors (Lipinski definition) is 3. The summed E-state index contributed by atoms with van der Waals surface area (Å²) in [6.07, 6.45) is 4.96. The van der Waals surface area contributed by atoms with Crippen molar-refractivity contribution >= 4 is 5.91 Å². The smallest absolute Gasteiger partial charge is 0.236 e. The molecule has 0 bridgehead atoms. The van der Waals surface area contributed by atoms with E-state index in [1.807, 2.05) is 4.90 Å². The second-order valence-corrected chi connectivity index (χ2v) is 6.45. The summed E-state index contributed by atoms with van der Waals surface area (Å²) in [5, 5.41) is 3.28. The van der Waals surface area contributed by atoms with Gasteiger partial charge >= 0.3 is 0 Å². The molecule has 1 heterocycles. The molecular weight excluding hydrogens is 228 g/mol. The molecule has 2 unspecified atom stereocenters. The average Bonchev–Trinajstić information content (AvgIpc) is 2.34. The number of ether oxygens (including phenoxy) is 1. The molecule has 1 N–H and O–H groups in total. The number of nitrogens with zero attached hydrogens (tertiary/aromatic N) is 1. The van der Waals surface area contributed by atoms with Gasteiger partial charge in [-0.3, -0.25) is 4.79 Å². The highest BCUT2D eigenvalue weighted by atomic mass is 16.5. The SMILES string of the molecule is CC(C)(C)NCC(=O)N1CCOC2CCCCC21. The van der Waals surface area contributed by atoms with Gasteiger partial charge < -0.3 is 15.0 Å². The number of hydrogen-bond donors (Lipinski definition) is 1. The topological polar surface area (TPSA) is 41.6 Å². The minimum atomic E-state index is -0.00604. The van der Waals surface area contributed by atoms with Gasteiger partial charge in [-0.25, -0.2) is 0 Å². The first kappa shape index (κ1) is 13.8. The molecule has 1 saturated heterocycles. The lowest BCUT2D eigenvalue weighted by molar-refractivity contribution is -0.148. The molecule has 0 aromatic heterocycles. The van der Waals surface area contributed by atoms with Crippen LogP contribution < -0.4 is 5.32 Å². The fourth-order valence-electron chi connectivity index (χ4n) is 2.85. The molecule has 2 fully saturated rings. The van der Waals surface area contributed by atoms with Gasteiger partial charge in [0.15, 0.2) is 0 Å². The van der Waals surface area contributed by atoms with E-state index in [-0.39, 0.29) is 17.6 Å². The summed E-state index contributed by atoms with van der Waals surface area (Å²) < 4.78 is 5.79. The van der Waals surface area contributed by atoms with Crippen LogP contribution in [0.4, 0.5) is 0 Å². The van der Waals surface area contributed by atoms with Gasteiger partial charge in [0.25, 0.3) is 0 Å². The Hall–Kier alpha value is -0.610. The number of amides is 1. The van der Waals surface area contributed by atoms with Gasteiger partial charge in [-0.2, -0.15) is 0 Å². The summed E-state index contributed by atoms with van der Waals surface area (Å²) in [7, 11) is 0. The van der Waals surface area contributed by atoms with Crippen molar-refractivity contribution in [3.05, 3.63) is 0 Å². The van der Waals surface area contributed by atoms with Crippen molar-refractivity contribution in [1.82, 2.24) is 10.2 Å². The summed E-state index contributed by atoms with van der Waals surface area (Å²) in [5.74, 6) is 0.227. The molecule has 1 aliphatic carbocycles. The van der Waals surface area contributed by atoms with Crippen LogP contribution in [0.5, 0.6) is 0 Å². The molecule has 2 atom stereocenters. The molecule has 2 aliphatic rings. The molecule has 104 valence electrons. The molecule has 4 nitrogen and oxygen atoms in total. The van der Waals surface area contributed by atoms with Gasteiger partial charge in [-0.05, 0) is 33.6 Å². The Labute approximate surface area is 110 Å². The Morgan fingerprint density at radius 3 is 2.78 bits per heavy atom. The largest absolute Gasteiger partial charge is 0.374 e. The van der Waals surface area contributed by atoms with E-state index < -0.39 is 0 Å². The number of fused-ring (bicyclic) bond motifs is 1. The summed E-state index contributed by atoms with van der Waals surface area (Å²) >= 11 is 0. The highest BCUT2D eigenvalue weighted by Gasteiger charge is 2.36. The number of morpholine rings is 1. The third-order valence-electron chi connectivity index (χ3n) is 3.82. The average molecular weight is 254 g/mol. The molecule has 1 aliphatic heterocycles. The molecule has 2 rings (SSSR count). The number of carbonyl (C=O) groups is 1. The molecule has 0 radical (unpaired) electrons. The van der Waals surface area contributed by atoms with Crippen molar-refractivity contribution in [2.45, 2.75) is 64.1 Å². The highest BCUT2D eigenvalue weighted by Crippen LogP contribution is 2.28. The quantitative estimate of drug-likeness (QED) is 0.813. The van der Waals surface area contributed by atoms with Crippen LogP contribution in [0.3, 0.4) is 0 Å². The summed E-state index contributed by atoms with van der Waals surface area (Å²) in [4.78, 5) is 14.4. The van der Waals surface area contributed by atoms with Crippen LogP contribution >= 0.6 is 0 Å². The zero-order valence-corrected chi connectivity index (χ0v) is 11.9. The second-order valence-electron chi connectivity index (χ2n) is 6.45. The fraction of sp³-hybridized carbons (Fsp3) is 0.929. The minimum absolute atomic E-state index is 0.00604. The van der Waals surface area contributed by atoms with E-state index in [0.29, 0.717) is 19.2 Å². The molecule has 1 amide bonds. The first-order valence-electron chi connectivity index (χ1n) is 7.13. The lowest BCUT2D eigenvalue weighted by Crippen LogP contribution is -2.57. The summed E-state index contributed by atoms with van der Waals surface area (Å²) in [6.45, 7) is 8.15. The van der Waals surface area contributed by atoms with Crippen molar-refractivity contribution in [1.29, 1.82) is 0 Å². The van der Waals surface area contributed by atoms with Crippen LogP contribution in [0.25, 0.3) is 0 Å². The minimum Gasteiger partial charge on any atom is -0.374 e. The maximum absolute atomic E-state index is 12.3. The summed E-state index contributed by atoms with van der Waals surface area (Å²) in [5.41, 5.74) is -0.00604. The maximum Gasteiger partial charge on any atom is 0.236 e. The first-order chi connectivity index (χ1) is 8.47.